The number of ether oxygens (including phenoxy) is 1. The van der Waals surface area contributed by atoms with Crippen LogP contribution in [0.1, 0.15) is 24.8 Å². The van der Waals surface area contributed by atoms with E-state index in [0.29, 0.717) is 10.7 Å². The molecular formula is C11H14N2OS. The summed E-state index contributed by atoms with van der Waals surface area (Å²) in [5.74, 6) is 1.57. The summed E-state index contributed by atoms with van der Waals surface area (Å²) < 4.78 is 5.62. The average molecular weight is 222 g/mol. The molecule has 2 rings (SSSR count). The lowest BCUT2D eigenvalue weighted by Gasteiger charge is -2.09. The Kier molecular flexibility index (Phi) is 3.16. The maximum Gasteiger partial charge on any atom is 0.147 e. The molecule has 0 atom stereocenters. The summed E-state index contributed by atoms with van der Waals surface area (Å²) in [7, 11) is 0. The number of hydrogen-bond donors (Lipinski definition) is 1. The van der Waals surface area contributed by atoms with Gasteiger partial charge in [-0.05, 0) is 18.4 Å². The maximum atomic E-state index is 5.62. The Morgan fingerprint density at radius 1 is 1.60 bits per heavy atom. The van der Waals surface area contributed by atoms with Crippen LogP contribution in [0.4, 0.5) is 0 Å². The second-order valence-corrected chi connectivity index (χ2v) is 4.26. The first kappa shape index (κ1) is 10.4. The van der Waals surface area contributed by atoms with Crippen LogP contribution >= 0.6 is 12.2 Å². The van der Waals surface area contributed by atoms with Crippen LogP contribution in [0.5, 0.6) is 5.75 Å². The predicted octanol–water partition coefficient (Wildman–Crippen LogP) is 1.89. The Morgan fingerprint density at radius 2 is 2.40 bits per heavy atom. The summed E-state index contributed by atoms with van der Waals surface area (Å²) in [6.07, 6.45) is 7.15. The Balaban J connectivity index is 1.95. The van der Waals surface area contributed by atoms with Gasteiger partial charge in [-0.25, -0.2) is 0 Å². The Labute approximate surface area is 94.6 Å². The van der Waals surface area contributed by atoms with Gasteiger partial charge in [-0.3, -0.25) is 4.98 Å². The number of nitrogens with two attached hydrogens (primary N) is 1. The minimum absolute atomic E-state index is 0.360. The van der Waals surface area contributed by atoms with E-state index in [0.717, 1.165) is 24.5 Å². The van der Waals surface area contributed by atoms with Crippen molar-refractivity contribution in [1.29, 1.82) is 0 Å². The van der Waals surface area contributed by atoms with Gasteiger partial charge in [0.15, 0.2) is 0 Å². The van der Waals surface area contributed by atoms with Crippen LogP contribution in [0.25, 0.3) is 0 Å². The average Bonchev–Trinajstić information content (AvgIpc) is 3.02. The van der Waals surface area contributed by atoms with Gasteiger partial charge in [0.1, 0.15) is 10.7 Å². The highest BCUT2D eigenvalue weighted by molar-refractivity contribution is 7.80. The SMILES string of the molecule is NC(=S)c1ccncc1OCCC1CC1. The first-order valence-corrected chi connectivity index (χ1v) is 5.55. The third kappa shape index (κ3) is 2.89. The van der Waals surface area contributed by atoms with Gasteiger partial charge in [0, 0.05) is 6.20 Å². The Hall–Kier alpha value is -1.16. The molecule has 1 aromatic rings. The maximum absolute atomic E-state index is 5.62. The van der Waals surface area contributed by atoms with Gasteiger partial charge in [-0.15, -0.1) is 0 Å². The second-order valence-electron chi connectivity index (χ2n) is 3.82. The summed E-state index contributed by atoms with van der Waals surface area (Å²) in [4.78, 5) is 4.36. The molecule has 15 heavy (non-hydrogen) atoms. The number of hydrogen-bond acceptors (Lipinski definition) is 3. The Bertz CT molecular complexity index is 363. The van der Waals surface area contributed by atoms with Crippen molar-refractivity contribution in [3.63, 3.8) is 0 Å². The molecule has 0 aromatic carbocycles. The lowest BCUT2D eigenvalue weighted by Crippen LogP contribution is -2.12. The monoisotopic (exact) mass is 222 g/mol. The minimum atomic E-state index is 0.360. The molecule has 80 valence electrons. The van der Waals surface area contributed by atoms with Crippen molar-refractivity contribution in [3.8, 4) is 5.75 Å². The molecule has 3 nitrogen and oxygen atoms in total. The van der Waals surface area contributed by atoms with Gasteiger partial charge >= 0.3 is 0 Å². The van der Waals surface area contributed by atoms with E-state index in [1.54, 1.807) is 18.5 Å². The molecule has 0 bridgehead atoms. The first-order chi connectivity index (χ1) is 7.27. The van der Waals surface area contributed by atoms with Crippen molar-refractivity contribution in [2.45, 2.75) is 19.3 Å². The van der Waals surface area contributed by atoms with E-state index in [-0.39, 0.29) is 0 Å². The normalized spacial score (nSPS) is 14.9. The van der Waals surface area contributed by atoms with Gasteiger partial charge < -0.3 is 10.5 Å². The van der Waals surface area contributed by atoms with Gasteiger partial charge in [-0.1, -0.05) is 25.1 Å². The van der Waals surface area contributed by atoms with Crippen LogP contribution < -0.4 is 10.5 Å². The van der Waals surface area contributed by atoms with Crippen LogP contribution in [0.2, 0.25) is 0 Å². The van der Waals surface area contributed by atoms with E-state index in [9.17, 15) is 0 Å². The van der Waals surface area contributed by atoms with E-state index < -0.39 is 0 Å². The van der Waals surface area contributed by atoms with Gasteiger partial charge in [-0.2, -0.15) is 0 Å². The molecule has 1 heterocycles. The zero-order chi connectivity index (χ0) is 10.7. The van der Waals surface area contributed by atoms with Crippen LogP contribution in [-0.2, 0) is 0 Å². The quantitative estimate of drug-likeness (QED) is 0.773. The molecule has 0 amide bonds. The summed E-state index contributed by atoms with van der Waals surface area (Å²) in [5, 5.41) is 0. The van der Waals surface area contributed by atoms with Gasteiger partial charge in [0.2, 0.25) is 0 Å². The molecule has 4 heteroatoms. The highest BCUT2D eigenvalue weighted by atomic mass is 32.1. The Morgan fingerprint density at radius 3 is 3.07 bits per heavy atom. The lowest BCUT2D eigenvalue weighted by atomic mass is 10.2. The molecule has 1 aliphatic carbocycles. The zero-order valence-corrected chi connectivity index (χ0v) is 9.30. The molecule has 0 aliphatic heterocycles. The minimum Gasteiger partial charge on any atom is -0.491 e. The van der Waals surface area contributed by atoms with Crippen molar-refractivity contribution in [2.24, 2.45) is 11.7 Å². The molecule has 1 fully saturated rings. The fraction of sp³-hybridized carbons (Fsp3) is 0.455. The van der Waals surface area contributed by atoms with E-state index in [1.165, 1.54) is 12.8 Å². The molecule has 2 N–H and O–H groups in total. The topological polar surface area (TPSA) is 48.1 Å². The summed E-state index contributed by atoms with van der Waals surface area (Å²) in [6, 6.07) is 1.79. The van der Waals surface area contributed by atoms with Crippen molar-refractivity contribution in [2.75, 3.05) is 6.61 Å². The third-order valence-electron chi connectivity index (χ3n) is 2.53. The van der Waals surface area contributed by atoms with Crippen LogP contribution in [0, 0.1) is 5.92 Å². The summed E-state index contributed by atoms with van der Waals surface area (Å²) >= 11 is 4.93. The number of thiocarbonyl (C=S) groups is 1. The fourth-order valence-corrected chi connectivity index (χ4v) is 1.61. The van der Waals surface area contributed by atoms with Gasteiger partial charge in [0.25, 0.3) is 0 Å². The van der Waals surface area contributed by atoms with Crippen LogP contribution in [-0.4, -0.2) is 16.6 Å². The predicted molar refractivity (Wildman–Crippen MR) is 63.0 cm³/mol. The number of rotatable bonds is 5. The molecule has 0 saturated heterocycles. The molecular weight excluding hydrogens is 208 g/mol. The summed E-state index contributed by atoms with van der Waals surface area (Å²) in [6.45, 7) is 0.728. The van der Waals surface area contributed by atoms with Crippen molar-refractivity contribution < 1.29 is 4.74 Å². The largest absolute Gasteiger partial charge is 0.491 e. The second kappa shape index (κ2) is 4.57. The lowest BCUT2D eigenvalue weighted by molar-refractivity contribution is 0.301. The van der Waals surface area contributed by atoms with E-state index in [2.05, 4.69) is 4.98 Å². The van der Waals surface area contributed by atoms with Crippen molar-refractivity contribution >= 4 is 17.2 Å². The van der Waals surface area contributed by atoms with Crippen LogP contribution in [0.15, 0.2) is 18.5 Å². The number of aromatic nitrogens is 1. The number of pyridine rings is 1. The van der Waals surface area contributed by atoms with Crippen molar-refractivity contribution in [1.82, 2.24) is 4.98 Å². The standard InChI is InChI=1S/C11H14N2OS/c12-11(15)9-3-5-13-7-10(9)14-6-4-8-1-2-8/h3,5,7-8H,1-2,4,6H2,(H2,12,15). The molecule has 0 unspecified atom stereocenters. The van der Waals surface area contributed by atoms with Crippen LogP contribution in [0.3, 0.4) is 0 Å². The number of nitrogens with zero attached hydrogens (tertiary/aromatic N) is 1. The van der Waals surface area contributed by atoms with E-state index in [4.69, 9.17) is 22.7 Å². The zero-order valence-electron chi connectivity index (χ0n) is 8.48. The van der Waals surface area contributed by atoms with Crippen molar-refractivity contribution in [3.05, 3.63) is 24.0 Å². The highest BCUT2D eigenvalue weighted by Gasteiger charge is 2.20. The van der Waals surface area contributed by atoms with E-state index in [1.807, 2.05) is 0 Å². The highest BCUT2D eigenvalue weighted by Crippen LogP contribution is 2.32. The van der Waals surface area contributed by atoms with E-state index >= 15 is 0 Å². The third-order valence-corrected chi connectivity index (χ3v) is 2.75. The first-order valence-electron chi connectivity index (χ1n) is 5.14. The smallest absolute Gasteiger partial charge is 0.147 e. The molecule has 0 radical (unpaired) electrons. The molecule has 1 aliphatic rings. The summed E-state index contributed by atoms with van der Waals surface area (Å²) in [5.41, 5.74) is 6.36. The molecule has 1 aromatic heterocycles. The fourth-order valence-electron chi connectivity index (χ4n) is 1.44. The molecule has 1 saturated carbocycles. The molecule has 0 spiro atoms. The van der Waals surface area contributed by atoms with Gasteiger partial charge in [0.05, 0.1) is 18.4 Å².